The third-order valence-electron chi connectivity index (χ3n) is 4.16. The number of ether oxygens (including phenoxy) is 1. The fraction of sp³-hybridized carbons (Fsp3) is 0.0952. The van der Waals surface area contributed by atoms with Gasteiger partial charge < -0.3 is 10.1 Å². The molecule has 3 rings (SSSR count). The number of hydrogen-bond donors (Lipinski definition) is 2. The smallest absolute Gasteiger partial charge is 0.262 e. The van der Waals surface area contributed by atoms with E-state index in [1.165, 1.54) is 30.3 Å². The van der Waals surface area contributed by atoms with Gasteiger partial charge in [0.25, 0.3) is 15.9 Å². The number of carbonyl (C=O) groups excluding carboxylic acids is 1. The summed E-state index contributed by atoms with van der Waals surface area (Å²) in [6.45, 7) is 1.51. The maximum atomic E-state index is 12.6. The van der Waals surface area contributed by atoms with E-state index in [9.17, 15) is 13.2 Å². The number of para-hydroxylation sites is 1. The van der Waals surface area contributed by atoms with Crippen molar-refractivity contribution in [3.63, 3.8) is 0 Å². The van der Waals surface area contributed by atoms with E-state index in [1.54, 1.807) is 30.3 Å². The minimum atomic E-state index is -3.81. The van der Waals surface area contributed by atoms with Gasteiger partial charge in [0.15, 0.2) is 6.61 Å². The molecule has 0 atom stereocenters. The highest BCUT2D eigenvalue weighted by atomic mass is 35.5. The summed E-state index contributed by atoms with van der Waals surface area (Å²) in [6, 6.07) is 15.4. The standard InChI is InChI=1S/C21H17Cl3N2O4S/c1-13-5-6-14(11-19(13)24)26-31(28,29)16-9-7-15(8-10-16)30-12-20(27)25-21-17(22)3-2-4-18(21)23/h2-11,26H,12H2,1H3,(H,25,27). The molecule has 6 nitrogen and oxygen atoms in total. The van der Waals surface area contributed by atoms with Crippen LogP contribution in [0.5, 0.6) is 5.75 Å². The van der Waals surface area contributed by atoms with Gasteiger partial charge in [0.05, 0.1) is 26.3 Å². The first-order valence-electron chi connectivity index (χ1n) is 8.91. The average molecular weight is 500 g/mol. The normalized spacial score (nSPS) is 11.1. The number of aryl methyl sites for hydroxylation is 1. The summed E-state index contributed by atoms with van der Waals surface area (Å²) in [6.07, 6.45) is 0. The number of amides is 1. The van der Waals surface area contributed by atoms with Gasteiger partial charge in [-0.25, -0.2) is 8.42 Å². The lowest BCUT2D eigenvalue weighted by molar-refractivity contribution is -0.118. The lowest BCUT2D eigenvalue weighted by Gasteiger charge is -2.11. The quantitative estimate of drug-likeness (QED) is 0.432. The van der Waals surface area contributed by atoms with E-state index in [1.807, 2.05) is 6.92 Å². The molecule has 0 fully saturated rings. The zero-order valence-electron chi connectivity index (χ0n) is 16.2. The highest BCUT2D eigenvalue weighted by Gasteiger charge is 2.15. The average Bonchev–Trinajstić information content (AvgIpc) is 2.72. The predicted octanol–water partition coefficient (Wildman–Crippen LogP) is 5.77. The lowest BCUT2D eigenvalue weighted by Crippen LogP contribution is -2.20. The van der Waals surface area contributed by atoms with Crippen molar-refractivity contribution in [2.24, 2.45) is 0 Å². The highest BCUT2D eigenvalue weighted by Crippen LogP contribution is 2.29. The molecule has 0 heterocycles. The Labute approximate surface area is 195 Å². The van der Waals surface area contributed by atoms with Gasteiger partial charge in [0, 0.05) is 5.02 Å². The molecular weight excluding hydrogens is 483 g/mol. The van der Waals surface area contributed by atoms with Crippen LogP contribution in [0.25, 0.3) is 0 Å². The molecule has 0 bridgehead atoms. The molecule has 0 aliphatic rings. The van der Waals surface area contributed by atoms with Crippen molar-refractivity contribution in [2.75, 3.05) is 16.6 Å². The fourth-order valence-corrected chi connectivity index (χ4v) is 4.25. The summed E-state index contributed by atoms with van der Waals surface area (Å²) in [7, 11) is -3.81. The molecule has 0 saturated heterocycles. The third kappa shape index (κ3) is 6.04. The van der Waals surface area contributed by atoms with Crippen LogP contribution in [-0.4, -0.2) is 20.9 Å². The number of hydrogen-bond acceptors (Lipinski definition) is 4. The molecule has 0 radical (unpaired) electrons. The SMILES string of the molecule is Cc1ccc(NS(=O)(=O)c2ccc(OCC(=O)Nc3c(Cl)cccc3Cl)cc2)cc1Cl. The summed E-state index contributed by atoms with van der Waals surface area (Å²) < 4.78 is 33.0. The summed E-state index contributed by atoms with van der Waals surface area (Å²) in [4.78, 5) is 12.1. The minimum Gasteiger partial charge on any atom is -0.484 e. The molecule has 10 heteroatoms. The zero-order chi connectivity index (χ0) is 22.6. The first-order valence-corrected chi connectivity index (χ1v) is 11.5. The van der Waals surface area contributed by atoms with Crippen LogP contribution >= 0.6 is 34.8 Å². The maximum absolute atomic E-state index is 12.6. The van der Waals surface area contributed by atoms with Crippen molar-refractivity contribution in [3.05, 3.63) is 81.3 Å². The predicted molar refractivity (Wildman–Crippen MR) is 124 cm³/mol. The van der Waals surface area contributed by atoms with Gasteiger partial charge in [-0.2, -0.15) is 0 Å². The number of benzene rings is 3. The number of sulfonamides is 1. The molecule has 31 heavy (non-hydrogen) atoms. The van der Waals surface area contributed by atoms with Gasteiger partial charge in [-0.3, -0.25) is 9.52 Å². The molecule has 0 aliphatic carbocycles. The fourth-order valence-electron chi connectivity index (χ4n) is 2.53. The summed E-state index contributed by atoms with van der Waals surface area (Å²) in [5, 5.41) is 3.64. The zero-order valence-corrected chi connectivity index (χ0v) is 19.2. The van der Waals surface area contributed by atoms with Crippen molar-refractivity contribution in [2.45, 2.75) is 11.8 Å². The van der Waals surface area contributed by atoms with Gasteiger partial charge in [-0.15, -0.1) is 0 Å². The van der Waals surface area contributed by atoms with Crippen LogP contribution in [-0.2, 0) is 14.8 Å². The lowest BCUT2D eigenvalue weighted by atomic mass is 10.2. The Hall–Kier alpha value is -2.45. The molecule has 0 unspecified atom stereocenters. The van der Waals surface area contributed by atoms with Crippen LogP contribution in [0.1, 0.15) is 5.56 Å². The number of anilines is 2. The molecule has 0 aliphatic heterocycles. The van der Waals surface area contributed by atoms with Gasteiger partial charge in [-0.05, 0) is 61.0 Å². The van der Waals surface area contributed by atoms with Gasteiger partial charge in [0.2, 0.25) is 0 Å². The molecule has 2 N–H and O–H groups in total. The van der Waals surface area contributed by atoms with Gasteiger partial charge >= 0.3 is 0 Å². The molecule has 3 aromatic rings. The Balaban J connectivity index is 1.61. The first-order chi connectivity index (χ1) is 14.7. The van der Waals surface area contributed by atoms with Crippen LogP contribution in [0.3, 0.4) is 0 Å². The Morgan fingerprint density at radius 3 is 2.19 bits per heavy atom. The number of rotatable bonds is 7. The first kappa shape index (κ1) is 23.2. The third-order valence-corrected chi connectivity index (χ3v) is 6.59. The Kier molecular flexibility index (Phi) is 7.33. The molecule has 0 saturated carbocycles. The summed E-state index contributed by atoms with van der Waals surface area (Å²) in [5.74, 6) is -0.151. The van der Waals surface area contributed by atoms with Crippen molar-refractivity contribution in [1.82, 2.24) is 0 Å². The van der Waals surface area contributed by atoms with Crippen LogP contribution < -0.4 is 14.8 Å². The number of nitrogens with one attached hydrogen (secondary N) is 2. The molecule has 162 valence electrons. The van der Waals surface area contributed by atoms with E-state index in [-0.39, 0.29) is 11.5 Å². The molecule has 0 aromatic heterocycles. The van der Waals surface area contributed by atoms with Crippen molar-refractivity contribution in [3.8, 4) is 5.75 Å². The van der Waals surface area contributed by atoms with E-state index in [0.29, 0.717) is 32.2 Å². The largest absolute Gasteiger partial charge is 0.484 e. The number of carbonyl (C=O) groups is 1. The summed E-state index contributed by atoms with van der Waals surface area (Å²) in [5.41, 5.74) is 1.49. The number of halogens is 3. The highest BCUT2D eigenvalue weighted by molar-refractivity contribution is 7.92. The van der Waals surface area contributed by atoms with Crippen molar-refractivity contribution >= 4 is 62.1 Å². The maximum Gasteiger partial charge on any atom is 0.262 e. The van der Waals surface area contributed by atoms with E-state index in [2.05, 4.69) is 10.0 Å². The monoisotopic (exact) mass is 498 g/mol. The molecule has 1 amide bonds. The van der Waals surface area contributed by atoms with Crippen LogP contribution in [0.2, 0.25) is 15.1 Å². The molecule has 3 aromatic carbocycles. The van der Waals surface area contributed by atoms with Crippen molar-refractivity contribution < 1.29 is 17.9 Å². The topological polar surface area (TPSA) is 84.5 Å². The Bertz CT molecular complexity index is 1200. The Morgan fingerprint density at radius 2 is 1.58 bits per heavy atom. The van der Waals surface area contributed by atoms with Crippen LogP contribution in [0, 0.1) is 6.92 Å². The van der Waals surface area contributed by atoms with Crippen molar-refractivity contribution in [1.29, 1.82) is 0 Å². The minimum absolute atomic E-state index is 0.0313. The molecule has 0 spiro atoms. The second kappa shape index (κ2) is 9.78. The van der Waals surface area contributed by atoms with Gasteiger partial charge in [-0.1, -0.05) is 46.9 Å². The van der Waals surface area contributed by atoms with Crippen LogP contribution in [0.4, 0.5) is 11.4 Å². The van der Waals surface area contributed by atoms with E-state index < -0.39 is 15.9 Å². The summed E-state index contributed by atoms with van der Waals surface area (Å²) >= 11 is 18.1. The van der Waals surface area contributed by atoms with E-state index in [0.717, 1.165) is 5.56 Å². The second-order valence-electron chi connectivity index (χ2n) is 6.47. The van der Waals surface area contributed by atoms with Gasteiger partial charge in [0.1, 0.15) is 5.75 Å². The second-order valence-corrected chi connectivity index (χ2v) is 9.38. The Morgan fingerprint density at radius 1 is 0.935 bits per heavy atom. The van der Waals surface area contributed by atoms with E-state index >= 15 is 0 Å². The van der Waals surface area contributed by atoms with Crippen LogP contribution in [0.15, 0.2) is 65.6 Å². The molecular formula is C21H17Cl3N2O4S. The van der Waals surface area contributed by atoms with E-state index in [4.69, 9.17) is 39.5 Å².